The molecule has 0 aliphatic carbocycles. The lowest BCUT2D eigenvalue weighted by Crippen LogP contribution is -2.41. The van der Waals surface area contributed by atoms with Crippen molar-refractivity contribution in [2.75, 3.05) is 45.6 Å². The van der Waals surface area contributed by atoms with Crippen molar-refractivity contribution < 1.29 is 13.2 Å². The molecule has 0 bridgehead atoms. The molecule has 2 aliphatic rings. The van der Waals surface area contributed by atoms with Gasteiger partial charge in [-0.3, -0.25) is 0 Å². The smallest absolute Gasteiger partial charge is 0.208 e. The van der Waals surface area contributed by atoms with Gasteiger partial charge in [0, 0.05) is 26.3 Å². The molecule has 19 heavy (non-hydrogen) atoms. The average Bonchev–Trinajstić information content (AvgIpc) is 2.39. The summed E-state index contributed by atoms with van der Waals surface area (Å²) in [5, 5.41) is 0. The van der Waals surface area contributed by atoms with E-state index in [0.29, 0.717) is 6.54 Å². The molecule has 0 amide bonds. The maximum Gasteiger partial charge on any atom is 0.208 e. The summed E-state index contributed by atoms with van der Waals surface area (Å²) >= 11 is 0. The highest BCUT2D eigenvalue weighted by molar-refractivity contribution is 7.88. The van der Waals surface area contributed by atoms with Gasteiger partial charge in [-0.2, -0.15) is 0 Å². The van der Waals surface area contributed by atoms with Crippen LogP contribution in [0.25, 0.3) is 0 Å². The predicted octanol–water partition coefficient (Wildman–Crippen LogP) is 0.674. The van der Waals surface area contributed by atoms with Crippen LogP contribution in [0.5, 0.6) is 0 Å². The third kappa shape index (κ3) is 5.38. The van der Waals surface area contributed by atoms with E-state index in [-0.39, 0.29) is 0 Å². The van der Waals surface area contributed by atoms with Gasteiger partial charge in [-0.05, 0) is 50.6 Å². The van der Waals surface area contributed by atoms with Gasteiger partial charge in [-0.25, -0.2) is 13.1 Å². The normalized spacial score (nSPS) is 24.7. The Morgan fingerprint density at radius 3 is 2.26 bits per heavy atom. The first-order chi connectivity index (χ1) is 9.04. The summed E-state index contributed by atoms with van der Waals surface area (Å²) in [5.41, 5.74) is 0. The first-order valence-corrected chi connectivity index (χ1v) is 9.18. The zero-order valence-electron chi connectivity index (χ0n) is 11.8. The average molecular weight is 290 g/mol. The lowest BCUT2D eigenvalue weighted by atomic mass is 9.80. The summed E-state index contributed by atoms with van der Waals surface area (Å²) in [6.07, 6.45) is 6.16. The molecule has 0 aromatic heterocycles. The molecule has 2 saturated heterocycles. The minimum Gasteiger partial charge on any atom is -0.381 e. The first kappa shape index (κ1) is 15.2. The third-order valence-electron chi connectivity index (χ3n) is 4.36. The van der Waals surface area contributed by atoms with Crippen molar-refractivity contribution >= 4 is 10.0 Å². The number of likely N-dealkylation sites (tertiary alicyclic amines) is 1. The Morgan fingerprint density at radius 2 is 1.68 bits per heavy atom. The number of nitrogens with zero attached hydrogens (tertiary/aromatic N) is 1. The largest absolute Gasteiger partial charge is 0.381 e. The molecule has 0 aromatic carbocycles. The molecule has 2 fully saturated rings. The molecule has 0 spiro atoms. The van der Waals surface area contributed by atoms with E-state index in [1.807, 2.05) is 0 Å². The summed E-state index contributed by atoms with van der Waals surface area (Å²) in [5.74, 6) is 1.70. The summed E-state index contributed by atoms with van der Waals surface area (Å²) in [4.78, 5) is 2.37. The highest BCUT2D eigenvalue weighted by Gasteiger charge is 2.27. The Balaban J connectivity index is 1.64. The molecule has 2 rings (SSSR count). The van der Waals surface area contributed by atoms with Crippen LogP contribution >= 0.6 is 0 Å². The van der Waals surface area contributed by atoms with E-state index in [4.69, 9.17) is 4.74 Å². The molecule has 1 N–H and O–H groups in total. The SMILES string of the molecule is CS(=O)(=O)NCCN1CCC(C2CCOCC2)CC1. The van der Waals surface area contributed by atoms with E-state index in [2.05, 4.69) is 9.62 Å². The van der Waals surface area contributed by atoms with Crippen LogP contribution in [0.15, 0.2) is 0 Å². The second-order valence-electron chi connectivity index (χ2n) is 5.80. The van der Waals surface area contributed by atoms with Crippen molar-refractivity contribution in [1.82, 2.24) is 9.62 Å². The van der Waals surface area contributed by atoms with Gasteiger partial charge in [0.05, 0.1) is 6.26 Å². The van der Waals surface area contributed by atoms with Crippen LogP contribution in [-0.4, -0.2) is 59.0 Å². The summed E-state index contributed by atoms with van der Waals surface area (Å²) in [7, 11) is -3.04. The Hall–Kier alpha value is -0.170. The Morgan fingerprint density at radius 1 is 1.11 bits per heavy atom. The Bertz CT molecular complexity index is 358. The molecule has 112 valence electrons. The lowest BCUT2D eigenvalue weighted by molar-refractivity contribution is 0.0307. The van der Waals surface area contributed by atoms with Gasteiger partial charge in [0.2, 0.25) is 10.0 Å². The minimum atomic E-state index is -3.04. The van der Waals surface area contributed by atoms with E-state index >= 15 is 0 Å². The molecule has 0 saturated carbocycles. The van der Waals surface area contributed by atoms with E-state index in [1.165, 1.54) is 31.9 Å². The molecular weight excluding hydrogens is 264 g/mol. The van der Waals surface area contributed by atoms with Gasteiger partial charge < -0.3 is 9.64 Å². The molecule has 2 aliphatic heterocycles. The molecule has 6 heteroatoms. The second kappa shape index (κ2) is 7.02. The van der Waals surface area contributed by atoms with Crippen LogP contribution in [0.4, 0.5) is 0 Å². The zero-order chi connectivity index (χ0) is 13.7. The van der Waals surface area contributed by atoms with Crippen molar-refractivity contribution in [3.8, 4) is 0 Å². The monoisotopic (exact) mass is 290 g/mol. The van der Waals surface area contributed by atoms with Gasteiger partial charge in [0.1, 0.15) is 0 Å². The second-order valence-corrected chi connectivity index (χ2v) is 7.63. The Kier molecular flexibility index (Phi) is 5.62. The van der Waals surface area contributed by atoms with Crippen LogP contribution in [0, 0.1) is 11.8 Å². The van der Waals surface area contributed by atoms with Crippen molar-refractivity contribution in [3.63, 3.8) is 0 Å². The van der Waals surface area contributed by atoms with Crippen LogP contribution in [0.2, 0.25) is 0 Å². The predicted molar refractivity (Wildman–Crippen MR) is 75.6 cm³/mol. The maximum atomic E-state index is 11.0. The fraction of sp³-hybridized carbons (Fsp3) is 1.00. The number of ether oxygens (including phenoxy) is 1. The number of piperidine rings is 1. The molecule has 0 radical (unpaired) electrons. The van der Waals surface area contributed by atoms with Crippen LogP contribution in [0.3, 0.4) is 0 Å². The standard InChI is InChI=1S/C13H26N2O3S/c1-19(16,17)14-6-9-15-7-2-12(3-8-15)13-4-10-18-11-5-13/h12-14H,2-11H2,1H3. The van der Waals surface area contributed by atoms with E-state index in [9.17, 15) is 8.42 Å². The summed E-state index contributed by atoms with van der Waals surface area (Å²) in [6.45, 7) is 5.43. The van der Waals surface area contributed by atoms with Crippen LogP contribution in [-0.2, 0) is 14.8 Å². The highest BCUT2D eigenvalue weighted by atomic mass is 32.2. The third-order valence-corrected chi connectivity index (χ3v) is 5.09. The van der Waals surface area contributed by atoms with Crippen molar-refractivity contribution in [1.29, 1.82) is 0 Å². The van der Waals surface area contributed by atoms with Crippen molar-refractivity contribution in [2.24, 2.45) is 11.8 Å². The van der Waals surface area contributed by atoms with Crippen LogP contribution in [0.1, 0.15) is 25.7 Å². The topological polar surface area (TPSA) is 58.6 Å². The van der Waals surface area contributed by atoms with E-state index in [0.717, 1.165) is 44.7 Å². The van der Waals surface area contributed by atoms with E-state index in [1.54, 1.807) is 0 Å². The van der Waals surface area contributed by atoms with Crippen molar-refractivity contribution in [2.45, 2.75) is 25.7 Å². The fourth-order valence-corrected chi connectivity index (χ4v) is 3.69. The highest BCUT2D eigenvalue weighted by Crippen LogP contribution is 2.31. The molecule has 0 aromatic rings. The molecular formula is C13H26N2O3S. The van der Waals surface area contributed by atoms with Crippen LogP contribution < -0.4 is 4.72 Å². The number of hydrogen-bond acceptors (Lipinski definition) is 4. The van der Waals surface area contributed by atoms with Gasteiger partial charge in [0.15, 0.2) is 0 Å². The number of nitrogens with one attached hydrogen (secondary N) is 1. The lowest BCUT2D eigenvalue weighted by Gasteiger charge is -2.37. The zero-order valence-corrected chi connectivity index (χ0v) is 12.6. The quantitative estimate of drug-likeness (QED) is 0.809. The van der Waals surface area contributed by atoms with Crippen molar-refractivity contribution in [3.05, 3.63) is 0 Å². The van der Waals surface area contributed by atoms with Gasteiger partial charge >= 0.3 is 0 Å². The van der Waals surface area contributed by atoms with Gasteiger partial charge in [-0.1, -0.05) is 0 Å². The van der Waals surface area contributed by atoms with E-state index < -0.39 is 10.0 Å². The minimum absolute atomic E-state index is 0.529. The number of rotatable bonds is 5. The Labute approximate surface area is 116 Å². The maximum absolute atomic E-state index is 11.0. The molecule has 2 heterocycles. The molecule has 5 nitrogen and oxygen atoms in total. The summed E-state index contributed by atoms with van der Waals surface area (Å²) < 4.78 is 30.0. The first-order valence-electron chi connectivity index (χ1n) is 7.29. The molecule has 0 atom stereocenters. The van der Waals surface area contributed by atoms with Gasteiger partial charge in [-0.15, -0.1) is 0 Å². The summed E-state index contributed by atoms with van der Waals surface area (Å²) in [6, 6.07) is 0. The fourth-order valence-electron chi connectivity index (χ4n) is 3.22. The van der Waals surface area contributed by atoms with Gasteiger partial charge in [0.25, 0.3) is 0 Å². The molecule has 0 unspecified atom stereocenters. The number of hydrogen-bond donors (Lipinski definition) is 1. The number of sulfonamides is 1.